The second-order valence-electron chi connectivity index (χ2n) is 5.55. The summed E-state index contributed by atoms with van der Waals surface area (Å²) in [5, 5.41) is 0.677. The largest absolute Gasteiger partial charge is 0.462 e. The highest BCUT2D eigenvalue weighted by atomic mass is 35.5. The zero-order valence-corrected chi connectivity index (χ0v) is 14.0. The van der Waals surface area contributed by atoms with Gasteiger partial charge in [-0.25, -0.2) is 0 Å². The molecule has 1 aliphatic carbocycles. The molecule has 0 radical (unpaired) electrons. The Hall–Kier alpha value is -2.69. The van der Waals surface area contributed by atoms with Gasteiger partial charge < -0.3 is 4.42 Å². The lowest BCUT2D eigenvalue weighted by atomic mass is 10.1. The summed E-state index contributed by atoms with van der Waals surface area (Å²) < 4.78 is 5.41. The van der Waals surface area contributed by atoms with Gasteiger partial charge in [0, 0.05) is 16.1 Å². The van der Waals surface area contributed by atoms with Gasteiger partial charge in [0.25, 0.3) is 0 Å². The first-order chi connectivity index (χ1) is 12.0. The van der Waals surface area contributed by atoms with Gasteiger partial charge in [-0.1, -0.05) is 47.5 Å². The zero-order valence-electron chi connectivity index (χ0n) is 12.5. The van der Waals surface area contributed by atoms with Crippen molar-refractivity contribution in [1.82, 2.24) is 0 Å². The number of Topliss-reactive ketones (excluding diaryl/α,β-unsaturated/α-hetero) is 2. The lowest BCUT2D eigenvalue weighted by Crippen LogP contribution is -2.08. The molecule has 0 spiro atoms. The SMILES string of the molecule is O=C1C(=Cc2coc3c(Cl)cc(Cl)cc3c2=O)C(=O)c2ccccc21. The Balaban J connectivity index is 1.91. The van der Waals surface area contributed by atoms with Gasteiger partial charge in [-0.05, 0) is 18.2 Å². The molecular weight excluding hydrogens is 363 g/mol. The smallest absolute Gasteiger partial charge is 0.200 e. The fraction of sp³-hybridized carbons (Fsp3) is 0. The number of hydrogen-bond acceptors (Lipinski definition) is 4. The molecule has 3 aromatic rings. The maximum absolute atomic E-state index is 12.7. The molecule has 6 heteroatoms. The maximum Gasteiger partial charge on any atom is 0.200 e. The summed E-state index contributed by atoms with van der Waals surface area (Å²) in [5.74, 6) is -0.826. The van der Waals surface area contributed by atoms with Crippen LogP contribution < -0.4 is 5.43 Å². The third-order valence-electron chi connectivity index (χ3n) is 4.02. The maximum atomic E-state index is 12.7. The van der Waals surface area contributed by atoms with Crippen LogP contribution in [0.3, 0.4) is 0 Å². The first-order valence-corrected chi connectivity index (χ1v) is 8.03. The van der Waals surface area contributed by atoms with Crippen LogP contribution in [0.5, 0.6) is 0 Å². The molecule has 1 aliphatic rings. The fourth-order valence-corrected chi connectivity index (χ4v) is 3.38. The molecule has 2 aromatic carbocycles. The minimum Gasteiger partial charge on any atom is -0.462 e. The van der Waals surface area contributed by atoms with Crippen molar-refractivity contribution < 1.29 is 14.0 Å². The Morgan fingerprint density at radius 1 is 0.920 bits per heavy atom. The Labute approximate surface area is 151 Å². The van der Waals surface area contributed by atoms with E-state index in [4.69, 9.17) is 27.6 Å². The first-order valence-electron chi connectivity index (χ1n) is 7.28. The molecule has 0 atom stereocenters. The van der Waals surface area contributed by atoms with E-state index in [9.17, 15) is 14.4 Å². The summed E-state index contributed by atoms with van der Waals surface area (Å²) in [6.45, 7) is 0. The van der Waals surface area contributed by atoms with Gasteiger partial charge in [0.2, 0.25) is 0 Å². The van der Waals surface area contributed by atoms with Crippen molar-refractivity contribution in [2.75, 3.05) is 0 Å². The predicted octanol–water partition coefficient (Wildman–Crippen LogP) is 4.56. The van der Waals surface area contributed by atoms with Gasteiger partial charge in [-0.2, -0.15) is 0 Å². The Kier molecular flexibility index (Phi) is 3.60. The minimum absolute atomic E-state index is 0.0685. The van der Waals surface area contributed by atoms with E-state index in [1.807, 2.05) is 0 Å². The first kappa shape index (κ1) is 15.8. The number of carbonyl (C=O) groups is 2. The summed E-state index contributed by atoms with van der Waals surface area (Å²) >= 11 is 12.0. The molecule has 0 saturated heterocycles. The summed E-state index contributed by atoms with van der Waals surface area (Å²) in [5.41, 5.74) is 0.446. The normalized spacial score (nSPS) is 13.4. The number of rotatable bonds is 1. The topological polar surface area (TPSA) is 64.3 Å². The Morgan fingerprint density at radius 2 is 1.56 bits per heavy atom. The van der Waals surface area contributed by atoms with E-state index in [1.54, 1.807) is 24.3 Å². The van der Waals surface area contributed by atoms with Gasteiger partial charge in [-0.15, -0.1) is 0 Å². The monoisotopic (exact) mass is 370 g/mol. The Bertz CT molecular complexity index is 1130. The standard InChI is InChI=1S/C19H8Cl2O4/c20-10-6-14-16(22)9(8-25-19(14)15(21)7-10)5-13-17(23)11-3-1-2-4-12(11)18(13)24/h1-8H. The van der Waals surface area contributed by atoms with Crippen molar-refractivity contribution in [2.24, 2.45) is 0 Å². The fourth-order valence-electron chi connectivity index (χ4n) is 2.84. The van der Waals surface area contributed by atoms with Crippen molar-refractivity contribution in [3.8, 4) is 0 Å². The van der Waals surface area contributed by atoms with E-state index in [0.717, 1.165) is 0 Å². The summed E-state index contributed by atoms with van der Waals surface area (Å²) in [7, 11) is 0. The molecule has 0 bridgehead atoms. The van der Waals surface area contributed by atoms with Crippen LogP contribution in [0, 0.1) is 0 Å². The molecule has 1 heterocycles. The van der Waals surface area contributed by atoms with Crippen LogP contribution in [0.15, 0.2) is 57.4 Å². The number of ketones is 2. The van der Waals surface area contributed by atoms with Gasteiger partial charge in [-0.3, -0.25) is 14.4 Å². The van der Waals surface area contributed by atoms with Crippen molar-refractivity contribution in [3.63, 3.8) is 0 Å². The molecule has 0 N–H and O–H groups in total. The molecule has 4 rings (SSSR count). The van der Waals surface area contributed by atoms with Crippen LogP contribution in [0.1, 0.15) is 26.3 Å². The summed E-state index contributed by atoms with van der Waals surface area (Å²) in [6.07, 6.45) is 2.44. The number of hydrogen-bond donors (Lipinski definition) is 0. The highest BCUT2D eigenvalue weighted by Crippen LogP contribution is 2.29. The number of allylic oxidation sites excluding steroid dienone is 1. The van der Waals surface area contributed by atoms with Crippen LogP contribution in [0.2, 0.25) is 10.0 Å². The van der Waals surface area contributed by atoms with Gasteiger partial charge in [0.05, 0.1) is 21.5 Å². The molecular formula is C19H8Cl2O4. The zero-order chi connectivity index (χ0) is 17.7. The van der Waals surface area contributed by atoms with E-state index >= 15 is 0 Å². The van der Waals surface area contributed by atoms with Gasteiger partial charge >= 0.3 is 0 Å². The number of fused-ring (bicyclic) bond motifs is 2. The average molecular weight is 371 g/mol. The second kappa shape index (κ2) is 5.69. The number of carbonyl (C=O) groups excluding carboxylic acids is 2. The minimum atomic E-state index is -0.422. The van der Waals surface area contributed by atoms with Gasteiger partial charge in [0.15, 0.2) is 22.6 Å². The van der Waals surface area contributed by atoms with E-state index in [-0.39, 0.29) is 32.2 Å². The van der Waals surface area contributed by atoms with Crippen molar-refractivity contribution >= 4 is 51.8 Å². The molecule has 0 unspecified atom stereocenters. The predicted molar refractivity (Wildman–Crippen MR) is 95.6 cm³/mol. The molecule has 4 nitrogen and oxygen atoms in total. The molecule has 0 amide bonds. The van der Waals surface area contributed by atoms with E-state index in [2.05, 4.69) is 0 Å². The quantitative estimate of drug-likeness (QED) is 0.465. The molecule has 0 fully saturated rings. The number of halogens is 2. The van der Waals surface area contributed by atoms with E-state index in [1.165, 1.54) is 24.5 Å². The van der Waals surface area contributed by atoms with Crippen molar-refractivity contribution in [1.29, 1.82) is 0 Å². The molecule has 122 valence electrons. The summed E-state index contributed by atoms with van der Waals surface area (Å²) in [4.78, 5) is 37.5. The van der Waals surface area contributed by atoms with Crippen LogP contribution in [0.4, 0.5) is 0 Å². The third-order valence-corrected chi connectivity index (χ3v) is 4.52. The van der Waals surface area contributed by atoms with Crippen molar-refractivity contribution in [2.45, 2.75) is 0 Å². The van der Waals surface area contributed by atoms with E-state index < -0.39 is 17.0 Å². The highest BCUT2D eigenvalue weighted by Gasteiger charge is 2.32. The van der Waals surface area contributed by atoms with Crippen molar-refractivity contribution in [3.05, 3.63) is 85.2 Å². The molecule has 1 aromatic heterocycles. The highest BCUT2D eigenvalue weighted by molar-refractivity contribution is 6.41. The lowest BCUT2D eigenvalue weighted by Gasteiger charge is -2.02. The van der Waals surface area contributed by atoms with Crippen LogP contribution in [-0.4, -0.2) is 11.6 Å². The lowest BCUT2D eigenvalue weighted by molar-refractivity contribution is 0.0990. The summed E-state index contributed by atoms with van der Waals surface area (Å²) in [6, 6.07) is 9.43. The van der Waals surface area contributed by atoms with E-state index in [0.29, 0.717) is 11.1 Å². The van der Waals surface area contributed by atoms with Crippen LogP contribution in [0.25, 0.3) is 17.0 Å². The average Bonchev–Trinajstić information content (AvgIpc) is 2.83. The van der Waals surface area contributed by atoms with Gasteiger partial charge in [0.1, 0.15) is 6.26 Å². The molecule has 0 aliphatic heterocycles. The molecule has 0 saturated carbocycles. The van der Waals surface area contributed by atoms with Crippen LogP contribution >= 0.6 is 23.2 Å². The third kappa shape index (κ3) is 2.42. The molecule has 25 heavy (non-hydrogen) atoms. The second-order valence-corrected chi connectivity index (χ2v) is 6.39. The number of benzene rings is 2. The Morgan fingerprint density at radius 3 is 2.20 bits per heavy atom. The van der Waals surface area contributed by atoms with Crippen LogP contribution in [-0.2, 0) is 0 Å².